The lowest BCUT2D eigenvalue weighted by atomic mass is 10.2. The molecule has 3 aromatic carbocycles. The number of nitrogens with one attached hydrogen (secondary N) is 2. The van der Waals surface area contributed by atoms with Crippen LogP contribution in [0.4, 0.5) is 17.3 Å². The number of rotatable bonds is 9. The van der Waals surface area contributed by atoms with Crippen LogP contribution in [0.1, 0.15) is 21.7 Å². The molecule has 13 heteroatoms. The molecule has 208 valence electrons. The quantitative estimate of drug-likeness (QED) is 0.302. The summed E-state index contributed by atoms with van der Waals surface area (Å²) in [5, 5.41) is 2.69. The van der Waals surface area contributed by atoms with Crippen LogP contribution in [0.25, 0.3) is 0 Å². The summed E-state index contributed by atoms with van der Waals surface area (Å²) in [5.41, 5.74) is 2.27. The van der Waals surface area contributed by atoms with Crippen LogP contribution in [-0.4, -0.2) is 46.9 Å². The van der Waals surface area contributed by atoms with E-state index in [-0.39, 0.29) is 21.3 Å². The fraction of sp³-hybridized carbons (Fsp3) is 0.148. The molecule has 4 aromatic rings. The van der Waals surface area contributed by atoms with Crippen molar-refractivity contribution in [3.63, 3.8) is 0 Å². The highest BCUT2D eigenvalue weighted by molar-refractivity contribution is 7.93. The van der Waals surface area contributed by atoms with Crippen molar-refractivity contribution in [2.45, 2.75) is 23.6 Å². The van der Waals surface area contributed by atoms with Crippen LogP contribution in [0.2, 0.25) is 0 Å². The van der Waals surface area contributed by atoms with Crippen molar-refractivity contribution in [2.75, 3.05) is 28.5 Å². The van der Waals surface area contributed by atoms with Gasteiger partial charge in [-0.3, -0.25) is 9.10 Å². The average Bonchev–Trinajstić information content (AvgIpc) is 2.92. The first-order chi connectivity index (χ1) is 18.9. The smallest absolute Gasteiger partial charge is 0.264 e. The molecule has 0 saturated heterocycles. The van der Waals surface area contributed by atoms with Crippen molar-refractivity contribution in [1.29, 1.82) is 0 Å². The Hall–Kier alpha value is -4.49. The largest absolute Gasteiger partial charge is 0.497 e. The molecule has 4 rings (SSSR count). The maximum absolute atomic E-state index is 13.0. The van der Waals surface area contributed by atoms with Gasteiger partial charge in [-0.15, -0.1) is 0 Å². The van der Waals surface area contributed by atoms with Gasteiger partial charge < -0.3 is 10.1 Å². The summed E-state index contributed by atoms with van der Waals surface area (Å²) in [6.45, 7) is 3.47. The Labute approximate surface area is 233 Å². The Bertz CT molecular complexity index is 1720. The van der Waals surface area contributed by atoms with Crippen LogP contribution in [0, 0.1) is 13.8 Å². The van der Waals surface area contributed by atoms with Crippen LogP contribution in [0.15, 0.2) is 88.7 Å². The van der Waals surface area contributed by atoms with E-state index < -0.39 is 26.0 Å². The van der Waals surface area contributed by atoms with E-state index in [1.807, 2.05) is 0 Å². The van der Waals surface area contributed by atoms with Gasteiger partial charge in [0.1, 0.15) is 5.75 Å². The van der Waals surface area contributed by atoms with Crippen LogP contribution >= 0.6 is 0 Å². The van der Waals surface area contributed by atoms with Gasteiger partial charge in [0.05, 0.1) is 22.6 Å². The van der Waals surface area contributed by atoms with Crippen molar-refractivity contribution in [1.82, 2.24) is 9.97 Å². The number of methoxy groups -OCH3 is 1. The highest BCUT2D eigenvalue weighted by Crippen LogP contribution is 2.24. The number of carbonyl (C=O) groups excluding carboxylic acids is 1. The lowest BCUT2D eigenvalue weighted by Gasteiger charge is -2.20. The number of aryl methyl sites for hydroxylation is 2. The number of ether oxygens (including phenoxy) is 1. The average molecular weight is 582 g/mol. The Balaban J connectivity index is 1.42. The molecule has 0 atom stereocenters. The molecule has 0 spiro atoms. The van der Waals surface area contributed by atoms with Gasteiger partial charge >= 0.3 is 0 Å². The van der Waals surface area contributed by atoms with E-state index in [2.05, 4.69) is 20.0 Å². The van der Waals surface area contributed by atoms with Crippen molar-refractivity contribution >= 4 is 43.3 Å². The standard InChI is InChI=1S/C27H27N5O6S2/c1-18-17-19(2)29-27(28-18)31-39(34,35)24-13-7-21(8-14-24)30-26(33)20-5-9-22(10-6-20)32(3)40(36,37)25-15-11-23(38-4)12-16-25/h5-17H,1-4H3,(H,30,33)(H,28,29,31). The number of aromatic nitrogens is 2. The first-order valence-electron chi connectivity index (χ1n) is 11.9. The van der Waals surface area contributed by atoms with E-state index in [0.717, 1.165) is 4.31 Å². The summed E-state index contributed by atoms with van der Waals surface area (Å²) < 4.78 is 59.9. The molecule has 2 N–H and O–H groups in total. The second-order valence-electron chi connectivity index (χ2n) is 8.75. The fourth-order valence-corrected chi connectivity index (χ4v) is 5.88. The highest BCUT2D eigenvalue weighted by atomic mass is 32.2. The van der Waals surface area contributed by atoms with Crippen molar-refractivity contribution in [3.8, 4) is 5.75 Å². The summed E-state index contributed by atoms with van der Waals surface area (Å²) in [6, 6.07) is 19.4. The summed E-state index contributed by atoms with van der Waals surface area (Å²) >= 11 is 0. The summed E-state index contributed by atoms with van der Waals surface area (Å²) in [5.74, 6) is 0.0576. The predicted molar refractivity (Wildman–Crippen MR) is 152 cm³/mol. The zero-order chi connectivity index (χ0) is 29.1. The Morgan fingerprint density at radius 1 is 0.800 bits per heavy atom. The number of carbonyl (C=O) groups is 1. The van der Waals surface area contributed by atoms with Gasteiger partial charge in [-0.2, -0.15) is 0 Å². The highest BCUT2D eigenvalue weighted by Gasteiger charge is 2.22. The third kappa shape index (κ3) is 6.38. The molecule has 0 fully saturated rings. The molecule has 0 aliphatic carbocycles. The lowest BCUT2D eigenvalue weighted by Crippen LogP contribution is -2.26. The normalized spacial score (nSPS) is 11.5. The first-order valence-corrected chi connectivity index (χ1v) is 14.8. The number of amides is 1. The maximum atomic E-state index is 13.0. The van der Waals surface area contributed by atoms with Crippen LogP contribution in [0.5, 0.6) is 5.75 Å². The van der Waals surface area contributed by atoms with Crippen molar-refractivity contribution in [3.05, 3.63) is 95.8 Å². The summed E-state index contributed by atoms with van der Waals surface area (Å²) in [6.07, 6.45) is 0. The minimum absolute atomic E-state index is 0.0271. The molecule has 0 radical (unpaired) electrons. The molecule has 1 aromatic heterocycles. The van der Waals surface area contributed by atoms with Gasteiger partial charge in [0.25, 0.3) is 26.0 Å². The molecule has 0 unspecified atom stereocenters. The molecular weight excluding hydrogens is 554 g/mol. The topological polar surface area (TPSA) is 148 Å². The van der Waals surface area contributed by atoms with E-state index in [0.29, 0.717) is 28.5 Å². The SMILES string of the molecule is COc1ccc(S(=O)(=O)N(C)c2ccc(C(=O)Nc3ccc(S(=O)(=O)Nc4nc(C)cc(C)n4)cc3)cc2)cc1. The van der Waals surface area contributed by atoms with Gasteiger partial charge in [-0.1, -0.05) is 0 Å². The van der Waals surface area contributed by atoms with E-state index in [9.17, 15) is 21.6 Å². The molecule has 1 amide bonds. The zero-order valence-electron chi connectivity index (χ0n) is 22.1. The third-order valence-corrected chi connectivity index (χ3v) is 8.99. The van der Waals surface area contributed by atoms with E-state index >= 15 is 0 Å². The molecule has 0 bridgehead atoms. The second-order valence-corrected chi connectivity index (χ2v) is 12.4. The van der Waals surface area contributed by atoms with Crippen LogP contribution in [-0.2, 0) is 20.0 Å². The molecule has 11 nitrogen and oxygen atoms in total. The maximum Gasteiger partial charge on any atom is 0.264 e. The molecule has 0 aliphatic heterocycles. The minimum Gasteiger partial charge on any atom is -0.497 e. The molecule has 0 aliphatic rings. The van der Waals surface area contributed by atoms with Gasteiger partial charge in [0, 0.05) is 29.7 Å². The monoisotopic (exact) mass is 581 g/mol. The van der Waals surface area contributed by atoms with Gasteiger partial charge in [-0.25, -0.2) is 31.5 Å². The number of hydrogen-bond acceptors (Lipinski definition) is 8. The van der Waals surface area contributed by atoms with E-state index in [4.69, 9.17) is 4.74 Å². The van der Waals surface area contributed by atoms with Gasteiger partial charge in [-0.05, 0) is 92.7 Å². The Morgan fingerprint density at radius 3 is 1.90 bits per heavy atom. The van der Waals surface area contributed by atoms with Crippen molar-refractivity contribution < 1.29 is 26.4 Å². The van der Waals surface area contributed by atoms with Gasteiger partial charge in [0.15, 0.2) is 0 Å². The first kappa shape index (κ1) is 28.5. The van der Waals surface area contributed by atoms with E-state index in [1.54, 1.807) is 32.0 Å². The zero-order valence-corrected chi connectivity index (χ0v) is 23.7. The Morgan fingerprint density at radius 2 is 1.35 bits per heavy atom. The third-order valence-electron chi connectivity index (χ3n) is 5.84. The van der Waals surface area contributed by atoms with Crippen molar-refractivity contribution in [2.24, 2.45) is 0 Å². The van der Waals surface area contributed by atoms with Crippen LogP contribution < -0.4 is 19.1 Å². The fourth-order valence-electron chi connectivity index (χ4n) is 3.74. The second kappa shape index (κ2) is 11.3. The van der Waals surface area contributed by atoms with Gasteiger partial charge in [0.2, 0.25) is 5.95 Å². The Kier molecular flexibility index (Phi) is 8.07. The number of sulfonamides is 2. The number of hydrogen-bond donors (Lipinski definition) is 2. The number of anilines is 3. The van der Waals surface area contributed by atoms with E-state index in [1.165, 1.54) is 74.8 Å². The predicted octanol–water partition coefficient (Wildman–Crippen LogP) is 3.98. The van der Waals surface area contributed by atoms with Crippen LogP contribution in [0.3, 0.4) is 0 Å². The molecule has 0 saturated carbocycles. The molecule has 1 heterocycles. The molecule has 40 heavy (non-hydrogen) atoms. The minimum atomic E-state index is -3.94. The summed E-state index contributed by atoms with van der Waals surface area (Å²) in [4.78, 5) is 21.0. The number of benzene rings is 3. The lowest BCUT2D eigenvalue weighted by molar-refractivity contribution is 0.102. The summed E-state index contributed by atoms with van der Waals surface area (Å²) in [7, 11) is -4.85. The number of nitrogens with zero attached hydrogens (tertiary/aromatic N) is 3. The molecular formula is C27H27N5O6S2.